The summed E-state index contributed by atoms with van der Waals surface area (Å²) in [7, 11) is -3.50. The van der Waals surface area contributed by atoms with Gasteiger partial charge in [-0.3, -0.25) is 4.79 Å². The Kier molecular flexibility index (Phi) is 7.83. The van der Waals surface area contributed by atoms with Crippen molar-refractivity contribution < 1.29 is 17.9 Å². The van der Waals surface area contributed by atoms with Crippen molar-refractivity contribution in [2.75, 3.05) is 36.5 Å². The summed E-state index contributed by atoms with van der Waals surface area (Å²) in [4.78, 5) is 12.4. The molecular formula is C20H23ClN2O4S2. The fourth-order valence-electron chi connectivity index (χ4n) is 2.92. The maximum Gasteiger partial charge on any atom is 0.243 e. The summed E-state index contributed by atoms with van der Waals surface area (Å²) in [5, 5.41) is 3.42. The largest absolute Gasteiger partial charge is 0.493 e. The van der Waals surface area contributed by atoms with Gasteiger partial charge in [0.15, 0.2) is 0 Å². The number of hydrogen-bond acceptors (Lipinski definition) is 5. The van der Waals surface area contributed by atoms with Gasteiger partial charge < -0.3 is 10.1 Å². The number of carbonyl (C=O) groups excluding carboxylic acids is 1. The number of thioether (sulfide) groups is 1. The molecule has 2 aromatic rings. The summed E-state index contributed by atoms with van der Waals surface area (Å²) in [5.74, 6) is 1.46. The fraction of sp³-hybridized carbons (Fsp3) is 0.350. The first-order valence-corrected chi connectivity index (χ1v) is 12.3. The molecule has 0 atom stereocenters. The lowest BCUT2D eigenvalue weighted by atomic mass is 10.3. The summed E-state index contributed by atoms with van der Waals surface area (Å²) in [6.07, 6.45) is 1.77. The first kappa shape index (κ1) is 22.0. The highest BCUT2D eigenvalue weighted by atomic mass is 35.5. The number of nitrogens with zero attached hydrogens (tertiary/aromatic N) is 1. The molecule has 1 aliphatic rings. The Morgan fingerprint density at radius 2 is 1.86 bits per heavy atom. The van der Waals surface area contributed by atoms with Crippen LogP contribution in [0.15, 0.2) is 53.4 Å². The molecule has 6 nitrogen and oxygen atoms in total. The molecule has 1 heterocycles. The predicted octanol–water partition coefficient (Wildman–Crippen LogP) is 3.88. The lowest BCUT2D eigenvalue weighted by Crippen LogP contribution is -2.28. The number of hydrogen-bond donors (Lipinski definition) is 1. The standard InChI is InChI=1S/C20H23ClN2O4S2/c21-16-6-8-18(9-7-16)27-12-13-28-15-20(24)22-17-4-3-5-19(14-17)29(25,26)23-10-1-2-11-23/h3-9,14H,1-2,10-13,15H2,(H,22,24). The van der Waals surface area contributed by atoms with Crippen molar-refractivity contribution in [3.8, 4) is 5.75 Å². The Morgan fingerprint density at radius 1 is 1.14 bits per heavy atom. The molecule has 2 aromatic carbocycles. The molecule has 0 saturated carbocycles. The van der Waals surface area contributed by atoms with E-state index < -0.39 is 10.0 Å². The second-order valence-electron chi connectivity index (χ2n) is 6.54. The van der Waals surface area contributed by atoms with Crippen LogP contribution in [0.2, 0.25) is 5.02 Å². The second kappa shape index (κ2) is 10.3. The lowest BCUT2D eigenvalue weighted by Gasteiger charge is -2.16. The fourth-order valence-corrected chi connectivity index (χ4v) is 5.22. The normalized spacial score (nSPS) is 14.7. The van der Waals surface area contributed by atoms with Gasteiger partial charge in [0.05, 0.1) is 17.3 Å². The summed E-state index contributed by atoms with van der Waals surface area (Å²) in [6, 6.07) is 13.5. The summed E-state index contributed by atoms with van der Waals surface area (Å²) in [5.41, 5.74) is 0.480. The molecule has 0 radical (unpaired) electrons. The second-order valence-corrected chi connectivity index (χ2v) is 10.0. The first-order valence-electron chi connectivity index (χ1n) is 9.31. The number of ether oxygens (including phenoxy) is 1. The van der Waals surface area contributed by atoms with Crippen molar-refractivity contribution in [1.29, 1.82) is 0 Å². The smallest absolute Gasteiger partial charge is 0.243 e. The van der Waals surface area contributed by atoms with Crippen LogP contribution in [0.3, 0.4) is 0 Å². The third-order valence-electron chi connectivity index (χ3n) is 4.36. The average Bonchev–Trinajstić information content (AvgIpc) is 3.25. The van der Waals surface area contributed by atoms with E-state index in [2.05, 4.69) is 5.32 Å². The number of benzene rings is 2. The quantitative estimate of drug-likeness (QED) is 0.582. The van der Waals surface area contributed by atoms with Crippen molar-refractivity contribution in [1.82, 2.24) is 4.31 Å². The van der Waals surface area contributed by atoms with Crippen molar-refractivity contribution in [3.05, 3.63) is 53.6 Å². The van der Waals surface area contributed by atoms with Crippen LogP contribution in [-0.4, -0.2) is 49.8 Å². The number of halogens is 1. The van der Waals surface area contributed by atoms with Crippen LogP contribution in [0.1, 0.15) is 12.8 Å². The monoisotopic (exact) mass is 454 g/mol. The Hall–Kier alpha value is -1.74. The van der Waals surface area contributed by atoms with Crippen molar-refractivity contribution in [2.45, 2.75) is 17.7 Å². The minimum Gasteiger partial charge on any atom is -0.493 e. The van der Waals surface area contributed by atoms with Crippen LogP contribution in [0, 0.1) is 0 Å². The van der Waals surface area contributed by atoms with E-state index in [9.17, 15) is 13.2 Å². The molecule has 0 spiro atoms. The number of nitrogens with one attached hydrogen (secondary N) is 1. The highest BCUT2D eigenvalue weighted by Gasteiger charge is 2.27. The van der Waals surface area contributed by atoms with Crippen molar-refractivity contribution >= 4 is 45.0 Å². The van der Waals surface area contributed by atoms with E-state index in [1.165, 1.54) is 22.1 Å². The number of anilines is 1. The lowest BCUT2D eigenvalue weighted by molar-refractivity contribution is -0.113. The molecule has 1 fully saturated rings. The summed E-state index contributed by atoms with van der Waals surface area (Å²) in [6.45, 7) is 1.57. The van der Waals surface area contributed by atoms with Gasteiger partial charge in [-0.1, -0.05) is 17.7 Å². The SMILES string of the molecule is O=C(CSCCOc1ccc(Cl)cc1)Nc1cccc(S(=O)(=O)N2CCCC2)c1. The van der Waals surface area contributed by atoms with Crippen LogP contribution in [0.4, 0.5) is 5.69 Å². The van der Waals surface area contributed by atoms with E-state index in [1.807, 2.05) is 0 Å². The van der Waals surface area contributed by atoms with Crippen LogP contribution < -0.4 is 10.1 Å². The number of sulfonamides is 1. The zero-order chi connectivity index (χ0) is 20.7. The highest BCUT2D eigenvalue weighted by Crippen LogP contribution is 2.23. The van der Waals surface area contributed by atoms with Gasteiger partial charge >= 0.3 is 0 Å². The Labute approximate surface area is 180 Å². The number of amides is 1. The third-order valence-corrected chi connectivity index (χ3v) is 7.43. The molecule has 1 N–H and O–H groups in total. The van der Waals surface area contributed by atoms with Crippen molar-refractivity contribution in [3.63, 3.8) is 0 Å². The average molecular weight is 455 g/mol. The molecule has 0 aliphatic carbocycles. The molecule has 9 heteroatoms. The summed E-state index contributed by atoms with van der Waals surface area (Å²) < 4.78 is 32.4. The molecule has 0 unspecified atom stereocenters. The predicted molar refractivity (Wildman–Crippen MR) is 117 cm³/mol. The van der Waals surface area contributed by atoms with Gasteiger partial charge in [-0.15, -0.1) is 11.8 Å². The van der Waals surface area contributed by atoms with E-state index in [-0.39, 0.29) is 16.6 Å². The van der Waals surface area contributed by atoms with Crippen LogP contribution in [0.5, 0.6) is 5.75 Å². The molecular weight excluding hydrogens is 432 g/mol. The highest BCUT2D eigenvalue weighted by molar-refractivity contribution is 7.99. The van der Waals surface area contributed by atoms with Gasteiger partial charge in [0.1, 0.15) is 5.75 Å². The minimum atomic E-state index is -3.50. The van der Waals surface area contributed by atoms with Gasteiger partial charge in [-0.2, -0.15) is 4.31 Å². The summed E-state index contributed by atoms with van der Waals surface area (Å²) >= 11 is 7.27. The van der Waals surface area contributed by atoms with Crippen molar-refractivity contribution in [2.24, 2.45) is 0 Å². The Morgan fingerprint density at radius 3 is 2.59 bits per heavy atom. The Bertz CT molecular complexity index is 930. The molecule has 0 bridgehead atoms. The zero-order valence-electron chi connectivity index (χ0n) is 15.8. The van der Waals surface area contributed by atoms with Gasteiger partial charge in [-0.25, -0.2) is 8.42 Å². The molecule has 29 heavy (non-hydrogen) atoms. The zero-order valence-corrected chi connectivity index (χ0v) is 18.2. The van der Waals surface area contributed by atoms with E-state index in [0.29, 0.717) is 36.2 Å². The first-order chi connectivity index (χ1) is 13.9. The molecule has 1 amide bonds. The maximum absolute atomic E-state index is 12.6. The molecule has 3 rings (SSSR count). The molecule has 0 aromatic heterocycles. The van der Waals surface area contributed by atoms with Gasteiger partial charge in [0.2, 0.25) is 15.9 Å². The van der Waals surface area contributed by atoms with Crippen LogP contribution in [-0.2, 0) is 14.8 Å². The number of rotatable bonds is 9. The van der Waals surface area contributed by atoms with Crippen LogP contribution >= 0.6 is 23.4 Å². The molecule has 1 aliphatic heterocycles. The topological polar surface area (TPSA) is 75.7 Å². The van der Waals surface area contributed by atoms with E-state index in [0.717, 1.165) is 18.6 Å². The van der Waals surface area contributed by atoms with Gasteiger partial charge in [0.25, 0.3) is 0 Å². The number of carbonyl (C=O) groups is 1. The minimum absolute atomic E-state index is 0.183. The van der Waals surface area contributed by atoms with E-state index in [4.69, 9.17) is 16.3 Å². The molecule has 1 saturated heterocycles. The van der Waals surface area contributed by atoms with E-state index in [1.54, 1.807) is 42.5 Å². The molecule has 156 valence electrons. The Balaban J connectivity index is 1.44. The third kappa shape index (κ3) is 6.37. The van der Waals surface area contributed by atoms with Crippen LogP contribution in [0.25, 0.3) is 0 Å². The van der Waals surface area contributed by atoms with E-state index >= 15 is 0 Å². The van der Waals surface area contributed by atoms with Gasteiger partial charge in [0, 0.05) is 29.6 Å². The van der Waals surface area contributed by atoms with Gasteiger partial charge in [-0.05, 0) is 55.3 Å². The maximum atomic E-state index is 12.6.